The molecular weight excluding hydrogens is 258 g/mol. The number of halogens is 2. The van der Waals surface area contributed by atoms with E-state index in [4.69, 9.17) is 0 Å². The van der Waals surface area contributed by atoms with Gasteiger partial charge in [-0.1, -0.05) is 36.4 Å². The topological polar surface area (TPSA) is 20.2 Å². The maximum atomic E-state index is 13.4. The van der Waals surface area contributed by atoms with Crippen molar-refractivity contribution in [1.82, 2.24) is 0 Å². The number of aliphatic hydroxyl groups excluding tert-OH is 1. The third-order valence-electron chi connectivity index (χ3n) is 3.32. The smallest absolute Gasteiger partial charge is 0.129 e. The Balaban J connectivity index is 1.79. The normalized spacial score (nSPS) is 12.3. The van der Waals surface area contributed by atoms with Gasteiger partial charge in [0.05, 0.1) is 6.10 Å². The standard InChI is InChI=1S/C17H18F2O/c18-15-10-9-14(17(19)12-15)11-16(20)8-4-7-13-5-2-1-3-6-13/h1-3,5-6,9-10,12,16,20H,4,7-8,11H2. The van der Waals surface area contributed by atoms with Crippen LogP contribution in [0.15, 0.2) is 48.5 Å². The number of aryl methyl sites for hydroxylation is 1. The Labute approximate surface area is 117 Å². The van der Waals surface area contributed by atoms with Crippen molar-refractivity contribution in [2.24, 2.45) is 0 Å². The summed E-state index contributed by atoms with van der Waals surface area (Å²) in [7, 11) is 0. The van der Waals surface area contributed by atoms with Crippen molar-refractivity contribution in [2.45, 2.75) is 31.8 Å². The first-order valence-corrected chi connectivity index (χ1v) is 6.81. The van der Waals surface area contributed by atoms with Crippen LogP contribution in [0.2, 0.25) is 0 Å². The number of rotatable bonds is 6. The zero-order valence-corrected chi connectivity index (χ0v) is 11.2. The van der Waals surface area contributed by atoms with Crippen LogP contribution in [-0.4, -0.2) is 11.2 Å². The molecule has 0 saturated heterocycles. The Kier molecular flexibility index (Phi) is 5.24. The van der Waals surface area contributed by atoms with Crippen LogP contribution < -0.4 is 0 Å². The Morgan fingerprint density at radius 3 is 2.45 bits per heavy atom. The summed E-state index contributed by atoms with van der Waals surface area (Å²) >= 11 is 0. The molecule has 0 aliphatic carbocycles. The second-order valence-corrected chi connectivity index (χ2v) is 4.97. The first-order chi connectivity index (χ1) is 9.65. The van der Waals surface area contributed by atoms with E-state index in [0.717, 1.165) is 18.9 Å². The van der Waals surface area contributed by atoms with Crippen LogP contribution in [0.5, 0.6) is 0 Å². The zero-order chi connectivity index (χ0) is 14.4. The Bertz CT molecular complexity index is 540. The molecule has 0 heterocycles. The zero-order valence-electron chi connectivity index (χ0n) is 11.2. The molecule has 0 amide bonds. The van der Waals surface area contributed by atoms with Crippen molar-refractivity contribution in [3.8, 4) is 0 Å². The molecule has 0 aliphatic rings. The summed E-state index contributed by atoms with van der Waals surface area (Å²) in [5.74, 6) is -1.18. The summed E-state index contributed by atoms with van der Waals surface area (Å²) in [6.45, 7) is 0. The lowest BCUT2D eigenvalue weighted by Crippen LogP contribution is -2.12. The minimum Gasteiger partial charge on any atom is -0.393 e. The van der Waals surface area contributed by atoms with Gasteiger partial charge in [0.2, 0.25) is 0 Å². The molecule has 3 heteroatoms. The van der Waals surface area contributed by atoms with Gasteiger partial charge < -0.3 is 5.11 Å². The van der Waals surface area contributed by atoms with Gasteiger partial charge in [-0.15, -0.1) is 0 Å². The highest BCUT2D eigenvalue weighted by Gasteiger charge is 2.10. The van der Waals surface area contributed by atoms with Gasteiger partial charge in [-0.2, -0.15) is 0 Å². The van der Waals surface area contributed by atoms with Gasteiger partial charge >= 0.3 is 0 Å². The van der Waals surface area contributed by atoms with Crippen LogP contribution in [0.4, 0.5) is 8.78 Å². The average molecular weight is 276 g/mol. The highest BCUT2D eigenvalue weighted by atomic mass is 19.1. The maximum Gasteiger partial charge on any atom is 0.129 e. The molecular formula is C17H18F2O. The average Bonchev–Trinajstić information content (AvgIpc) is 2.43. The molecule has 0 aromatic heterocycles. The van der Waals surface area contributed by atoms with E-state index < -0.39 is 17.7 Å². The molecule has 0 spiro atoms. The Morgan fingerprint density at radius 1 is 1.00 bits per heavy atom. The van der Waals surface area contributed by atoms with Crippen molar-refractivity contribution >= 4 is 0 Å². The maximum absolute atomic E-state index is 13.4. The van der Waals surface area contributed by atoms with E-state index in [1.54, 1.807) is 0 Å². The van der Waals surface area contributed by atoms with E-state index in [1.807, 2.05) is 30.3 Å². The van der Waals surface area contributed by atoms with Crippen molar-refractivity contribution in [3.05, 3.63) is 71.3 Å². The highest BCUT2D eigenvalue weighted by Crippen LogP contribution is 2.14. The SMILES string of the molecule is OC(CCCc1ccccc1)Cc1ccc(F)cc1F. The molecule has 0 bridgehead atoms. The van der Waals surface area contributed by atoms with Gasteiger partial charge in [0.25, 0.3) is 0 Å². The van der Waals surface area contributed by atoms with E-state index in [1.165, 1.54) is 17.7 Å². The molecule has 0 fully saturated rings. The fourth-order valence-electron chi connectivity index (χ4n) is 2.23. The van der Waals surface area contributed by atoms with E-state index in [9.17, 15) is 13.9 Å². The number of benzene rings is 2. The first-order valence-electron chi connectivity index (χ1n) is 6.81. The second kappa shape index (κ2) is 7.15. The molecule has 0 radical (unpaired) electrons. The lowest BCUT2D eigenvalue weighted by atomic mass is 10.0. The van der Waals surface area contributed by atoms with Crippen LogP contribution >= 0.6 is 0 Å². The monoisotopic (exact) mass is 276 g/mol. The fourth-order valence-corrected chi connectivity index (χ4v) is 2.23. The molecule has 1 unspecified atom stereocenters. The van der Waals surface area contributed by atoms with Crippen LogP contribution in [0, 0.1) is 11.6 Å². The molecule has 20 heavy (non-hydrogen) atoms. The summed E-state index contributed by atoms with van der Waals surface area (Å²) in [6, 6.07) is 13.5. The van der Waals surface area contributed by atoms with Crippen molar-refractivity contribution < 1.29 is 13.9 Å². The van der Waals surface area contributed by atoms with Gasteiger partial charge in [-0.3, -0.25) is 0 Å². The van der Waals surface area contributed by atoms with E-state index >= 15 is 0 Å². The van der Waals surface area contributed by atoms with Gasteiger partial charge in [-0.05, 0) is 36.5 Å². The molecule has 1 N–H and O–H groups in total. The van der Waals surface area contributed by atoms with Crippen LogP contribution in [0.25, 0.3) is 0 Å². The van der Waals surface area contributed by atoms with E-state index in [0.29, 0.717) is 12.0 Å². The molecule has 0 saturated carbocycles. The predicted molar refractivity (Wildman–Crippen MR) is 75.4 cm³/mol. The number of hydrogen-bond acceptors (Lipinski definition) is 1. The molecule has 2 rings (SSSR count). The Morgan fingerprint density at radius 2 is 1.75 bits per heavy atom. The van der Waals surface area contributed by atoms with E-state index in [2.05, 4.69) is 0 Å². The molecule has 1 nitrogen and oxygen atoms in total. The van der Waals surface area contributed by atoms with Crippen molar-refractivity contribution in [2.75, 3.05) is 0 Å². The number of hydrogen-bond donors (Lipinski definition) is 1. The van der Waals surface area contributed by atoms with Crippen molar-refractivity contribution in [3.63, 3.8) is 0 Å². The summed E-state index contributed by atoms with van der Waals surface area (Å²) in [5.41, 5.74) is 1.59. The lowest BCUT2D eigenvalue weighted by molar-refractivity contribution is 0.161. The van der Waals surface area contributed by atoms with Crippen molar-refractivity contribution in [1.29, 1.82) is 0 Å². The quantitative estimate of drug-likeness (QED) is 0.848. The van der Waals surface area contributed by atoms with Gasteiger partial charge in [0.1, 0.15) is 11.6 Å². The lowest BCUT2D eigenvalue weighted by Gasteiger charge is -2.11. The van der Waals surface area contributed by atoms with E-state index in [-0.39, 0.29) is 6.42 Å². The third-order valence-corrected chi connectivity index (χ3v) is 3.32. The second-order valence-electron chi connectivity index (χ2n) is 4.97. The molecule has 106 valence electrons. The molecule has 1 atom stereocenters. The Hall–Kier alpha value is -1.74. The molecule has 2 aromatic carbocycles. The molecule has 2 aromatic rings. The fraction of sp³-hybridized carbons (Fsp3) is 0.294. The third kappa shape index (κ3) is 4.42. The highest BCUT2D eigenvalue weighted by molar-refractivity contribution is 5.19. The van der Waals surface area contributed by atoms with Crippen LogP contribution in [0.1, 0.15) is 24.0 Å². The van der Waals surface area contributed by atoms with Gasteiger partial charge in [-0.25, -0.2) is 8.78 Å². The van der Waals surface area contributed by atoms with Crippen LogP contribution in [-0.2, 0) is 12.8 Å². The summed E-state index contributed by atoms with van der Waals surface area (Å²) in [4.78, 5) is 0. The molecule has 0 aliphatic heterocycles. The minimum atomic E-state index is -0.598. The predicted octanol–water partition coefficient (Wildman–Crippen LogP) is 3.89. The summed E-state index contributed by atoms with van der Waals surface area (Å²) in [6.07, 6.45) is 1.96. The summed E-state index contributed by atoms with van der Waals surface area (Å²) < 4.78 is 26.2. The minimum absolute atomic E-state index is 0.223. The van der Waals surface area contributed by atoms with Crippen LogP contribution in [0.3, 0.4) is 0 Å². The summed E-state index contributed by atoms with van der Waals surface area (Å²) in [5, 5.41) is 9.91. The number of aliphatic hydroxyl groups is 1. The first kappa shape index (κ1) is 14.7. The van der Waals surface area contributed by atoms with Gasteiger partial charge in [0.15, 0.2) is 0 Å². The van der Waals surface area contributed by atoms with Gasteiger partial charge in [0, 0.05) is 12.5 Å². The largest absolute Gasteiger partial charge is 0.393 e.